The number of aliphatic hydroxyl groups is 4. The third-order valence-corrected chi connectivity index (χ3v) is 2.74. The second kappa shape index (κ2) is 3.70. The normalized spacial score (nSPS) is 49.2. The van der Waals surface area contributed by atoms with Gasteiger partial charge in [-0.15, -0.1) is 0 Å². The van der Waals surface area contributed by atoms with Crippen molar-refractivity contribution in [1.82, 2.24) is 0 Å². The van der Waals surface area contributed by atoms with E-state index < -0.39 is 18.3 Å². The summed E-state index contributed by atoms with van der Waals surface area (Å²) in [7, 11) is 0. The smallest absolute Gasteiger partial charge is 0.106 e. The first kappa shape index (κ1) is 9.92. The molecule has 1 unspecified atom stereocenters. The summed E-state index contributed by atoms with van der Waals surface area (Å²) in [5.74, 6) is -0.271. The molecule has 0 aromatic rings. The van der Waals surface area contributed by atoms with E-state index in [0.29, 0.717) is 6.42 Å². The van der Waals surface area contributed by atoms with Gasteiger partial charge in [0.1, 0.15) is 6.10 Å². The average Bonchev–Trinajstić information content (AvgIpc) is 2.01. The zero-order valence-electron chi connectivity index (χ0n) is 7.09. The molecule has 0 heterocycles. The van der Waals surface area contributed by atoms with E-state index >= 15 is 0 Å². The molecule has 4 heteroatoms. The number of hydrogen-bond donors (Lipinski definition) is 4. The Morgan fingerprint density at radius 2 is 1.75 bits per heavy atom. The van der Waals surface area contributed by atoms with Crippen molar-refractivity contribution in [1.29, 1.82) is 0 Å². The molecule has 1 aliphatic carbocycles. The Hall–Kier alpha value is -0.160. The molecule has 0 aliphatic heterocycles. The quantitative estimate of drug-likeness (QED) is 0.401. The minimum Gasteiger partial charge on any atom is -0.396 e. The van der Waals surface area contributed by atoms with Crippen LogP contribution in [-0.2, 0) is 0 Å². The summed E-state index contributed by atoms with van der Waals surface area (Å²) in [6.07, 6.45) is -2.55. The Balaban J connectivity index is 2.65. The molecule has 0 aromatic heterocycles. The van der Waals surface area contributed by atoms with Crippen molar-refractivity contribution in [2.75, 3.05) is 6.61 Å². The molecule has 0 bridgehead atoms. The molecule has 5 atom stereocenters. The zero-order valence-corrected chi connectivity index (χ0v) is 7.09. The molecule has 0 spiro atoms. The Morgan fingerprint density at radius 3 is 2.25 bits per heavy atom. The van der Waals surface area contributed by atoms with Crippen LogP contribution in [0.15, 0.2) is 0 Å². The zero-order chi connectivity index (χ0) is 9.30. The van der Waals surface area contributed by atoms with Gasteiger partial charge >= 0.3 is 0 Å². The molecule has 0 amide bonds. The first-order valence-electron chi connectivity index (χ1n) is 4.23. The Morgan fingerprint density at radius 1 is 1.17 bits per heavy atom. The van der Waals surface area contributed by atoms with Crippen molar-refractivity contribution < 1.29 is 20.4 Å². The molecule has 1 fully saturated rings. The average molecular weight is 176 g/mol. The highest BCUT2D eigenvalue weighted by molar-refractivity contribution is 4.90. The van der Waals surface area contributed by atoms with Crippen LogP contribution in [0.2, 0.25) is 0 Å². The van der Waals surface area contributed by atoms with Crippen molar-refractivity contribution in [2.45, 2.75) is 31.7 Å². The van der Waals surface area contributed by atoms with E-state index in [0.717, 1.165) is 0 Å². The molecular formula is C8H16O4. The summed E-state index contributed by atoms with van der Waals surface area (Å²) in [4.78, 5) is 0. The summed E-state index contributed by atoms with van der Waals surface area (Å²) in [5, 5.41) is 36.8. The maximum atomic E-state index is 9.41. The predicted octanol–water partition coefficient (Wildman–Crippen LogP) is -1.28. The third kappa shape index (κ3) is 1.61. The van der Waals surface area contributed by atoms with Gasteiger partial charge in [0.25, 0.3) is 0 Å². The summed E-state index contributed by atoms with van der Waals surface area (Å²) in [5.41, 5.74) is 0. The van der Waals surface area contributed by atoms with Gasteiger partial charge in [0.15, 0.2) is 0 Å². The van der Waals surface area contributed by atoms with Crippen LogP contribution >= 0.6 is 0 Å². The number of aliphatic hydroxyl groups excluding tert-OH is 4. The Labute approximate surface area is 71.5 Å². The Bertz CT molecular complexity index is 150. The number of hydrogen-bond acceptors (Lipinski definition) is 4. The van der Waals surface area contributed by atoms with Crippen LogP contribution in [-0.4, -0.2) is 45.3 Å². The van der Waals surface area contributed by atoms with Gasteiger partial charge in [-0.2, -0.15) is 0 Å². The Kier molecular flexibility index (Phi) is 3.06. The van der Waals surface area contributed by atoms with E-state index in [4.69, 9.17) is 5.11 Å². The maximum Gasteiger partial charge on any atom is 0.106 e. The molecule has 1 rings (SSSR count). The summed E-state index contributed by atoms with van der Waals surface area (Å²) >= 11 is 0. The second-order valence-electron chi connectivity index (χ2n) is 3.61. The van der Waals surface area contributed by atoms with E-state index in [9.17, 15) is 15.3 Å². The minimum absolute atomic E-state index is 0.0448. The van der Waals surface area contributed by atoms with E-state index in [-0.39, 0.29) is 18.4 Å². The monoisotopic (exact) mass is 176 g/mol. The lowest BCUT2D eigenvalue weighted by atomic mass is 9.76. The van der Waals surface area contributed by atoms with E-state index in [2.05, 4.69) is 0 Å². The van der Waals surface area contributed by atoms with Gasteiger partial charge in [-0.25, -0.2) is 0 Å². The van der Waals surface area contributed by atoms with Crippen LogP contribution < -0.4 is 0 Å². The van der Waals surface area contributed by atoms with Crippen LogP contribution in [0, 0.1) is 11.8 Å². The first-order chi connectivity index (χ1) is 5.57. The van der Waals surface area contributed by atoms with E-state index in [1.165, 1.54) is 0 Å². The summed E-state index contributed by atoms with van der Waals surface area (Å²) < 4.78 is 0. The minimum atomic E-state index is -1.11. The van der Waals surface area contributed by atoms with Gasteiger partial charge in [0, 0.05) is 12.5 Å². The van der Waals surface area contributed by atoms with Crippen LogP contribution in [0.25, 0.3) is 0 Å². The van der Waals surface area contributed by atoms with Crippen molar-refractivity contribution >= 4 is 0 Å². The molecular weight excluding hydrogens is 160 g/mol. The van der Waals surface area contributed by atoms with Crippen LogP contribution in [0.4, 0.5) is 0 Å². The lowest BCUT2D eigenvalue weighted by Gasteiger charge is -2.38. The fraction of sp³-hybridized carbons (Fsp3) is 1.00. The van der Waals surface area contributed by atoms with Crippen LogP contribution in [0.5, 0.6) is 0 Å². The molecule has 1 aliphatic rings. The summed E-state index contributed by atoms with van der Waals surface area (Å²) in [6, 6.07) is 0. The number of rotatable bonds is 1. The highest BCUT2D eigenvalue weighted by Crippen LogP contribution is 2.30. The van der Waals surface area contributed by atoms with Crippen LogP contribution in [0.3, 0.4) is 0 Å². The highest BCUT2D eigenvalue weighted by Gasteiger charge is 2.40. The molecule has 0 aromatic carbocycles. The highest BCUT2D eigenvalue weighted by atomic mass is 16.4. The molecule has 12 heavy (non-hydrogen) atoms. The largest absolute Gasteiger partial charge is 0.396 e. The van der Waals surface area contributed by atoms with E-state index in [1.54, 1.807) is 0 Å². The van der Waals surface area contributed by atoms with Gasteiger partial charge in [-0.1, -0.05) is 6.92 Å². The fourth-order valence-electron chi connectivity index (χ4n) is 1.80. The standard InChI is InChI=1S/C8H16O4/c1-4-2-6(10)8(12)7(11)5(4)3-9/h4-12H,2-3H2,1H3/t4?,5-,6+,7-,8-/m1/s1. The molecule has 4 N–H and O–H groups in total. The third-order valence-electron chi connectivity index (χ3n) is 2.74. The van der Waals surface area contributed by atoms with Gasteiger partial charge < -0.3 is 20.4 Å². The van der Waals surface area contributed by atoms with Gasteiger partial charge in [0.2, 0.25) is 0 Å². The van der Waals surface area contributed by atoms with Crippen LogP contribution in [0.1, 0.15) is 13.3 Å². The van der Waals surface area contributed by atoms with Gasteiger partial charge in [-0.05, 0) is 12.3 Å². The maximum absolute atomic E-state index is 9.41. The lowest BCUT2D eigenvalue weighted by Crippen LogP contribution is -2.50. The first-order valence-corrected chi connectivity index (χ1v) is 4.23. The van der Waals surface area contributed by atoms with Crippen molar-refractivity contribution in [3.8, 4) is 0 Å². The second-order valence-corrected chi connectivity index (χ2v) is 3.61. The van der Waals surface area contributed by atoms with Crippen molar-refractivity contribution in [3.05, 3.63) is 0 Å². The van der Waals surface area contributed by atoms with Crippen molar-refractivity contribution in [3.63, 3.8) is 0 Å². The molecule has 0 saturated heterocycles. The SMILES string of the molecule is CC1C[C@H](O)[C@@H](O)[C@H](O)[C@@H]1CO. The lowest BCUT2D eigenvalue weighted by molar-refractivity contribution is -0.135. The predicted molar refractivity (Wildman–Crippen MR) is 42.4 cm³/mol. The molecule has 4 nitrogen and oxygen atoms in total. The molecule has 0 radical (unpaired) electrons. The van der Waals surface area contributed by atoms with Gasteiger partial charge in [-0.3, -0.25) is 0 Å². The van der Waals surface area contributed by atoms with E-state index in [1.807, 2.05) is 6.92 Å². The fourth-order valence-corrected chi connectivity index (χ4v) is 1.80. The van der Waals surface area contributed by atoms with Gasteiger partial charge in [0.05, 0.1) is 12.2 Å². The summed E-state index contributed by atoms with van der Waals surface area (Å²) in [6.45, 7) is 1.70. The molecule has 72 valence electrons. The topological polar surface area (TPSA) is 80.9 Å². The van der Waals surface area contributed by atoms with Crippen molar-refractivity contribution in [2.24, 2.45) is 11.8 Å². The molecule has 1 saturated carbocycles.